The summed E-state index contributed by atoms with van der Waals surface area (Å²) in [4.78, 5) is 0. The predicted molar refractivity (Wildman–Crippen MR) is 84.5 cm³/mol. The third kappa shape index (κ3) is 5.85. The Labute approximate surface area is 120 Å². The lowest BCUT2D eigenvalue weighted by molar-refractivity contribution is 0.246. The van der Waals surface area contributed by atoms with Gasteiger partial charge in [0.05, 0.1) is 0 Å². The van der Waals surface area contributed by atoms with Gasteiger partial charge in [-0.05, 0) is 44.1 Å². The third-order valence-corrected chi connectivity index (χ3v) is 5.48. The van der Waals surface area contributed by atoms with Gasteiger partial charge in [-0.3, -0.25) is 0 Å². The molecule has 2 aliphatic carbocycles. The van der Waals surface area contributed by atoms with Crippen molar-refractivity contribution in [1.29, 1.82) is 0 Å². The van der Waals surface area contributed by atoms with Crippen LogP contribution < -0.4 is 5.32 Å². The van der Waals surface area contributed by atoms with Crippen LogP contribution in [0.3, 0.4) is 0 Å². The minimum Gasteiger partial charge on any atom is -0.314 e. The van der Waals surface area contributed by atoms with Crippen molar-refractivity contribution in [3.63, 3.8) is 0 Å². The molecule has 0 saturated heterocycles. The third-order valence-electron chi connectivity index (χ3n) is 5.48. The van der Waals surface area contributed by atoms with Crippen molar-refractivity contribution in [2.45, 2.75) is 96.4 Å². The molecule has 1 N–H and O–H groups in total. The molecule has 2 aliphatic rings. The van der Waals surface area contributed by atoms with Crippen LogP contribution in [0.1, 0.15) is 90.4 Å². The van der Waals surface area contributed by atoms with E-state index >= 15 is 0 Å². The minimum atomic E-state index is 0.848. The van der Waals surface area contributed by atoms with Crippen molar-refractivity contribution >= 4 is 0 Å². The Bertz CT molecular complexity index is 210. The summed E-state index contributed by atoms with van der Waals surface area (Å²) in [5.74, 6) is 2.05. The molecule has 2 fully saturated rings. The summed E-state index contributed by atoms with van der Waals surface area (Å²) in [5, 5.41) is 3.89. The second-order valence-corrected chi connectivity index (χ2v) is 7.13. The maximum Gasteiger partial charge on any atom is 0.00671 e. The molecular formula is C18H35N. The van der Waals surface area contributed by atoms with Crippen LogP contribution in [0.25, 0.3) is 0 Å². The fourth-order valence-corrected chi connectivity index (χ4v) is 4.03. The van der Waals surface area contributed by atoms with Crippen molar-refractivity contribution in [3.8, 4) is 0 Å². The first kappa shape index (κ1) is 15.4. The summed E-state index contributed by atoms with van der Waals surface area (Å²) in [6.07, 6.45) is 19.1. The molecule has 0 atom stereocenters. The van der Waals surface area contributed by atoms with Crippen molar-refractivity contribution < 1.29 is 0 Å². The second kappa shape index (κ2) is 9.00. The molecule has 0 heterocycles. The number of rotatable bonds is 6. The zero-order valence-electron chi connectivity index (χ0n) is 13.1. The van der Waals surface area contributed by atoms with Gasteiger partial charge in [0, 0.05) is 6.04 Å². The van der Waals surface area contributed by atoms with Gasteiger partial charge in [0.1, 0.15) is 0 Å². The SMILES string of the molecule is CCCCC1CCC(CNC2CCCCCC2)CC1. The Balaban J connectivity index is 1.57. The van der Waals surface area contributed by atoms with E-state index in [2.05, 4.69) is 12.2 Å². The average Bonchev–Trinajstić information content (AvgIpc) is 2.72. The zero-order valence-corrected chi connectivity index (χ0v) is 13.1. The summed E-state index contributed by atoms with van der Waals surface area (Å²) in [6, 6.07) is 0.848. The molecule has 0 unspecified atom stereocenters. The molecular weight excluding hydrogens is 230 g/mol. The van der Waals surface area contributed by atoms with Gasteiger partial charge in [-0.1, -0.05) is 64.7 Å². The van der Waals surface area contributed by atoms with Gasteiger partial charge < -0.3 is 5.32 Å². The highest BCUT2D eigenvalue weighted by atomic mass is 14.9. The largest absolute Gasteiger partial charge is 0.314 e. The smallest absolute Gasteiger partial charge is 0.00671 e. The van der Waals surface area contributed by atoms with E-state index < -0.39 is 0 Å². The van der Waals surface area contributed by atoms with E-state index in [9.17, 15) is 0 Å². The van der Waals surface area contributed by atoms with Gasteiger partial charge in [-0.2, -0.15) is 0 Å². The van der Waals surface area contributed by atoms with Crippen LogP contribution in [0.5, 0.6) is 0 Å². The quantitative estimate of drug-likeness (QED) is 0.643. The predicted octanol–water partition coefficient (Wildman–Crippen LogP) is 5.30. The van der Waals surface area contributed by atoms with Gasteiger partial charge in [0.2, 0.25) is 0 Å². The molecule has 0 spiro atoms. The second-order valence-electron chi connectivity index (χ2n) is 7.13. The molecule has 0 aromatic carbocycles. The van der Waals surface area contributed by atoms with Gasteiger partial charge in [-0.15, -0.1) is 0 Å². The minimum absolute atomic E-state index is 0.848. The molecule has 0 aromatic heterocycles. The summed E-state index contributed by atoms with van der Waals surface area (Å²) in [6.45, 7) is 3.63. The van der Waals surface area contributed by atoms with Crippen LogP contribution in [-0.4, -0.2) is 12.6 Å². The summed E-state index contributed by atoms with van der Waals surface area (Å²) in [5.41, 5.74) is 0. The molecule has 2 saturated carbocycles. The number of unbranched alkanes of at least 4 members (excludes halogenated alkanes) is 1. The van der Waals surface area contributed by atoms with Crippen molar-refractivity contribution in [2.75, 3.05) is 6.54 Å². The molecule has 1 nitrogen and oxygen atoms in total. The Kier molecular flexibility index (Phi) is 7.27. The van der Waals surface area contributed by atoms with Crippen LogP contribution in [0.4, 0.5) is 0 Å². The standard InChI is InChI=1S/C18H35N/c1-2-3-8-16-11-13-17(14-12-16)15-19-18-9-6-4-5-7-10-18/h16-19H,2-15H2,1H3. The number of nitrogens with one attached hydrogen (secondary N) is 1. The van der Waals surface area contributed by atoms with Crippen LogP contribution in [0.15, 0.2) is 0 Å². The highest BCUT2D eigenvalue weighted by molar-refractivity contribution is 4.77. The lowest BCUT2D eigenvalue weighted by Gasteiger charge is -2.30. The van der Waals surface area contributed by atoms with E-state index in [0.29, 0.717) is 0 Å². The summed E-state index contributed by atoms with van der Waals surface area (Å²) in [7, 11) is 0. The normalized spacial score (nSPS) is 30.2. The van der Waals surface area contributed by atoms with Crippen LogP contribution in [-0.2, 0) is 0 Å². The van der Waals surface area contributed by atoms with E-state index in [1.165, 1.54) is 90.0 Å². The lowest BCUT2D eigenvalue weighted by atomic mass is 9.79. The molecule has 0 radical (unpaired) electrons. The monoisotopic (exact) mass is 265 g/mol. The van der Waals surface area contributed by atoms with E-state index in [4.69, 9.17) is 0 Å². The fourth-order valence-electron chi connectivity index (χ4n) is 4.03. The van der Waals surface area contributed by atoms with E-state index in [0.717, 1.165) is 17.9 Å². The zero-order chi connectivity index (χ0) is 13.3. The van der Waals surface area contributed by atoms with E-state index in [1.54, 1.807) is 0 Å². The highest BCUT2D eigenvalue weighted by Crippen LogP contribution is 2.31. The van der Waals surface area contributed by atoms with Gasteiger partial charge in [0.25, 0.3) is 0 Å². The molecule has 2 rings (SSSR count). The lowest BCUT2D eigenvalue weighted by Crippen LogP contribution is -2.34. The molecule has 112 valence electrons. The molecule has 0 amide bonds. The van der Waals surface area contributed by atoms with Crippen LogP contribution >= 0.6 is 0 Å². The van der Waals surface area contributed by atoms with E-state index in [-0.39, 0.29) is 0 Å². The Morgan fingerprint density at radius 2 is 1.42 bits per heavy atom. The number of hydrogen-bond donors (Lipinski definition) is 1. The molecule has 0 aromatic rings. The van der Waals surface area contributed by atoms with Crippen molar-refractivity contribution in [1.82, 2.24) is 5.32 Å². The van der Waals surface area contributed by atoms with Gasteiger partial charge in [-0.25, -0.2) is 0 Å². The number of hydrogen-bond acceptors (Lipinski definition) is 1. The maximum atomic E-state index is 3.89. The van der Waals surface area contributed by atoms with Gasteiger partial charge >= 0.3 is 0 Å². The first-order valence-corrected chi connectivity index (χ1v) is 9.12. The highest BCUT2D eigenvalue weighted by Gasteiger charge is 2.21. The maximum absolute atomic E-state index is 3.89. The fraction of sp³-hybridized carbons (Fsp3) is 1.00. The first-order chi connectivity index (χ1) is 9.38. The topological polar surface area (TPSA) is 12.0 Å². The summed E-state index contributed by atoms with van der Waals surface area (Å²) >= 11 is 0. The molecule has 19 heavy (non-hydrogen) atoms. The average molecular weight is 265 g/mol. The van der Waals surface area contributed by atoms with Crippen molar-refractivity contribution in [2.24, 2.45) is 11.8 Å². The van der Waals surface area contributed by atoms with E-state index in [1.807, 2.05) is 0 Å². The van der Waals surface area contributed by atoms with Gasteiger partial charge in [0.15, 0.2) is 0 Å². The Morgan fingerprint density at radius 3 is 2.05 bits per heavy atom. The molecule has 0 aliphatic heterocycles. The first-order valence-electron chi connectivity index (χ1n) is 9.12. The molecule has 1 heteroatoms. The van der Waals surface area contributed by atoms with Crippen molar-refractivity contribution in [3.05, 3.63) is 0 Å². The Hall–Kier alpha value is -0.0400. The Morgan fingerprint density at radius 1 is 0.789 bits per heavy atom. The van der Waals surface area contributed by atoms with Crippen LogP contribution in [0.2, 0.25) is 0 Å². The van der Waals surface area contributed by atoms with Crippen LogP contribution in [0, 0.1) is 11.8 Å². The molecule has 0 bridgehead atoms. The summed E-state index contributed by atoms with van der Waals surface area (Å²) < 4.78 is 0.